The molecule has 0 aliphatic carbocycles. The van der Waals surface area contributed by atoms with Crippen LogP contribution >= 0.6 is 0 Å². The molecule has 1 saturated heterocycles. The first kappa shape index (κ1) is 13.9. The fourth-order valence-corrected chi connectivity index (χ4v) is 2.82. The Bertz CT molecular complexity index is 628. The molecule has 0 spiro atoms. The lowest BCUT2D eigenvalue weighted by Gasteiger charge is -2.18. The molecule has 3 rings (SSSR count). The summed E-state index contributed by atoms with van der Waals surface area (Å²) in [6, 6.07) is 6.55. The van der Waals surface area contributed by atoms with Crippen molar-refractivity contribution in [3.8, 4) is 0 Å². The van der Waals surface area contributed by atoms with E-state index >= 15 is 0 Å². The zero-order valence-electron chi connectivity index (χ0n) is 11.9. The standard InChI is InChI=1S/C16H17F2N3/c1-2-14-15(18)16(20-10-19-14)21-8-7-12(9-21)11-3-5-13(17)6-4-11/h3-6,10,12H,2,7-9H2,1H3. The Morgan fingerprint density at radius 3 is 2.67 bits per heavy atom. The quantitative estimate of drug-likeness (QED) is 0.868. The molecule has 1 aliphatic heterocycles. The minimum atomic E-state index is -0.320. The van der Waals surface area contributed by atoms with E-state index in [1.807, 2.05) is 11.8 Å². The van der Waals surface area contributed by atoms with Crippen molar-refractivity contribution in [2.45, 2.75) is 25.7 Å². The second-order valence-corrected chi connectivity index (χ2v) is 5.29. The van der Waals surface area contributed by atoms with E-state index in [1.54, 1.807) is 12.1 Å². The summed E-state index contributed by atoms with van der Waals surface area (Å²) in [7, 11) is 0. The highest BCUT2D eigenvalue weighted by Crippen LogP contribution is 2.31. The number of rotatable bonds is 3. The highest BCUT2D eigenvalue weighted by atomic mass is 19.1. The lowest BCUT2D eigenvalue weighted by atomic mass is 9.99. The lowest BCUT2D eigenvalue weighted by molar-refractivity contribution is 0.588. The molecule has 1 atom stereocenters. The van der Waals surface area contributed by atoms with Crippen molar-refractivity contribution in [2.75, 3.05) is 18.0 Å². The monoisotopic (exact) mass is 289 g/mol. The van der Waals surface area contributed by atoms with Crippen molar-refractivity contribution in [3.05, 3.63) is 53.5 Å². The number of aromatic nitrogens is 2. The van der Waals surface area contributed by atoms with Gasteiger partial charge in [0.25, 0.3) is 0 Å². The third kappa shape index (κ3) is 2.73. The average Bonchev–Trinajstić information content (AvgIpc) is 2.98. The molecular formula is C16H17F2N3. The van der Waals surface area contributed by atoms with Gasteiger partial charge in [0.1, 0.15) is 12.1 Å². The summed E-state index contributed by atoms with van der Waals surface area (Å²) < 4.78 is 27.3. The van der Waals surface area contributed by atoms with Gasteiger partial charge in [0.15, 0.2) is 11.6 Å². The van der Waals surface area contributed by atoms with Crippen LogP contribution in [0.15, 0.2) is 30.6 Å². The molecule has 0 saturated carbocycles. The Hall–Kier alpha value is -2.04. The molecule has 0 radical (unpaired) electrons. The Morgan fingerprint density at radius 2 is 1.95 bits per heavy atom. The first-order valence-corrected chi connectivity index (χ1v) is 7.18. The van der Waals surface area contributed by atoms with Crippen molar-refractivity contribution in [1.29, 1.82) is 0 Å². The van der Waals surface area contributed by atoms with Crippen LogP contribution in [0.1, 0.15) is 30.5 Å². The Balaban J connectivity index is 1.79. The van der Waals surface area contributed by atoms with E-state index in [0.29, 0.717) is 24.5 Å². The number of halogens is 2. The maximum absolute atomic E-state index is 14.3. The Morgan fingerprint density at radius 1 is 1.19 bits per heavy atom. The van der Waals surface area contributed by atoms with Crippen LogP contribution in [0.3, 0.4) is 0 Å². The normalized spacial score (nSPS) is 18.2. The van der Waals surface area contributed by atoms with Crippen molar-refractivity contribution in [1.82, 2.24) is 9.97 Å². The predicted molar refractivity (Wildman–Crippen MR) is 77.3 cm³/mol. The van der Waals surface area contributed by atoms with Crippen LogP contribution in [-0.4, -0.2) is 23.1 Å². The number of hydrogen-bond donors (Lipinski definition) is 0. The summed E-state index contributed by atoms with van der Waals surface area (Å²) in [5.41, 5.74) is 1.54. The summed E-state index contributed by atoms with van der Waals surface area (Å²) in [6.45, 7) is 3.32. The van der Waals surface area contributed by atoms with E-state index in [4.69, 9.17) is 0 Å². The van der Waals surface area contributed by atoms with Gasteiger partial charge in [0.05, 0.1) is 5.69 Å². The first-order valence-electron chi connectivity index (χ1n) is 7.18. The van der Waals surface area contributed by atoms with E-state index in [2.05, 4.69) is 9.97 Å². The van der Waals surface area contributed by atoms with Gasteiger partial charge in [-0.2, -0.15) is 0 Å². The topological polar surface area (TPSA) is 29.0 Å². The molecule has 0 amide bonds. The fraction of sp³-hybridized carbons (Fsp3) is 0.375. The van der Waals surface area contributed by atoms with Crippen LogP contribution in [0, 0.1) is 11.6 Å². The molecule has 1 aromatic heterocycles. The van der Waals surface area contributed by atoms with Gasteiger partial charge in [-0.15, -0.1) is 0 Å². The number of nitrogens with zero attached hydrogens (tertiary/aromatic N) is 3. The minimum absolute atomic E-state index is 0.233. The second kappa shape index (κ2) is 5.76. The van der Waals surface area contributed by atoms with Gasteiger partial charge < -0.3 is 4.90 Å². The zero-order chi connectivity index (χ0) is 14.8. The van der Waals surface area contributed by atoms with Gasteiger partial charge in [-0.1, -0.05) is 19.1 Å². The van der Waals surface area contributed by atoms with Crippen molar-refractivity contribution in [2.24, 2.45) is 0 Å². The van der Waals surface area contributed by atoms with Gasteiger partial charge in [0, 0.05) is 19.0 Å². The Labute approximate surface area is 122 Å². The minimum Gasteiger partial charge on any atom is -0.353 e. The van der Waals surface area contributed by atoms with Crippen molar-refractivity contribution < 1.29 is 8.78 Å². The van der Waals surface area contributed by atoms with Gasteiger partial charge >= 0.3 is 0 Å². The van der Waals surface area contributed by atoms with Crippen LogP contribution in [-0.2, 0) is 6.42 Å². The maximum Gasteiger partial charge on any atom is 0.187 e. The first-order chi connectivity index (χ1) is 10.2. The molecule has 2 heterocycles. The fourth-order valence-electron chi connectivity index (χ4n) is 2.82. The number of aryl methyl sites for hydroxylation is 1. The summed E-state index contributed by atoms with van der Waals surface area (Å²) in [4.78, 5) is 10.0. The number of anilines is 1. The van der Waals surface area contributed by atoms with E-state index < -0.39 is 0 Å². The molecule has 1 unspecified atom stereocenters. The molecule has 1 aliphatic rings. The van der Waals surface area contributed by atoms with Crippen molar-refractivity contribution >= 4 is 5.82 Å². The molecular weight excluding hydrogens is 272 g/mol. The summed E-state index contributed by atoms with van der Waals surface area (Å²) in [5, 5.41) is 0. The summed E-state index contributed by atoms with van der Waals surface area (Å²) >= 11 is 0. The van der Waals surface area contributed by atoms with E-state index in [-0.39, 0.29) is 17.6 Å². The van der Waals surface area contributed by atoms with Crippen molar-refractivity contribution in [3.63, 3.8) is 0 Å². The molecule has 0 N–H and O–H groups in total. The zero-order valence-corrected chi connectivity index (χ0v) is 11.9. The van der Waals surface area contributed by atoms with E-state index in [0.717, 1.165) is 18.5 Å². The third-order valence-electron chi connectivity index (χ3n) is 4.01. The Kier molecular flexibility index (Phi) is 3.82. The van der Waals surface area contributed by atoms with E-state index in [9.17, 15) is 8.78 Å². The molecule has 2 aromatic rings. The van der Waals surface area contributed by atoms with Crippen LogP contribution in [0.4, 0.5) is 14.6 Å². The SMILES string of the molecule is CCc1ncnc(N2CCC(c3ccc(F)cc3)C2)c1F. The van der Waals surface area contributed by atoms with Crippen LogP contribution in [0.2, 0.25) is 0 Å². The van der Waals surface area contributed by atoms with Gasteiger partial charge in [-0.3, -0.25) is 0 Å². The second-order valence-electron chi connectivity index (χ2n) is 5.29. The molecule has 1 fully saturated rings. The maximum atomic E-state index is 14.3. The molecule has 110 valence electrons. The number of benzene rings is 1. The largest absolute Gasteiger partial charge is 0.353 e. The molecule has 21 heavy (non-hydrogen) atoms. The highest BCUT2D eigenvalue weighted by Gasteiger charge is 2.27. The number of hydrogen-bond acceptors (Lipinski definition) is 3. The molecule has 3 nitrogen and oxygen atoms in total. The van der Waals surface area contributed by atoms with Gasteiger partial charge in [-0.05, 0) is 30.5 Å². The lowest BCUT2D eigenvalue weighted by Crippen LogP contribution is -2.22. The summed E-state index contributed by atoms with van der Waals surface area (Å²) in [5.74, 6) is 0.110. The predicted octanol–water partition coefficient (Wildman–Crippen LogP) is 3.31. The smallest absolute Gasteiger partial charge is 0.187 e. The summed E-state index contributed by atoms with van der Waals surface area (Å²) in [6.07, 6.45) is 2.88. The van der Waals surface area contributed by atoms with Crippen LogP contribution in [0.5, 0.6) is 0 Å². The van der Waals surface area contributed by atoms with Gasteiger partial charge in [0.2, 0.25) is 0 Å². The van der Waals surface area contributed by atoms with E-state index in [1.165, 1.54) is 18.5 Å². The molecule has 5 heteroatoms. The molecule has 0 bridgehead atoms. The average molecular weight is 289 g/mol. The highest BCUT2D eigenvalue weighted by molar-refractivity contribution is 5.43. The molecule has 1 aromatic carbocycles. The third-order valence-corrected chi connectivity index (χ3v) is 4.01. The van der Waals surface area contributed by atoms with Crippen LogP contribution < -0.4 is 4.90 Å². The van der Waals surface area contributed by atoms with Crippen LogP contribution in [0.25, 0.3) is 0 Å². The van der Waals surface area contributed by atoms with Gasteiger partial charge in [-0.25, -0.2) is 18.7 Å².